The molecule has 2 N–H and O–H groups in total. The van der Waals surface area contributed by atoms with E-state index in [0.29, 0.717) is 0 Å². The number of fused-ring (bicyclic) bond motifs is 1. The molecule has 0 saturated carbocycles. The molecule has 0 bridgehead atoms. The molecule has 100 valence electrons. The summed E-state index contributed by atoms with van der Waals surface area (Å²) >= 11 is 7.89. The quantitative estimate of drug-likeness (QED) is 0.932. The molecule has 19 heavy (non-hydrogen) atoms. The molecule has 1 aromatic heterocycles. The minimum Gasteiger partial charge on any atom is -0.493 e. The van der Waals surface area contributed by atoms with Crippen LogP contribution < -0.4 is 10.5 Å². The maximum atomic E-state index is 6.33. The molecule has 0 aliphatic carbocycles. The van der Waals surface area contributed by atoms with Gasteiger partial charge < -0.3 is 10.5 Å². The molecule has 1 unspecified atom stereocenters. The lowest BCUT2D eigenvalue weighted by Crippen LogP contribution is -2.13. The molecule has 1 aromatic carbocycles. The molecule has 2 aromatic rings. The van der Waals surface area contributed by atoms with Crippen LogP contribution >= 0.6 is 22.9 Å². The summed E-state index contributed by atoms with van der Waals surface area (Å²) in [7, 11) is 0. The van der Waals surface area contributed by atoms with Gasteiger partial charge in [0.25, 0.3) is 0 Å². The highest BCUT2D eigenvalue weighted by Crippen LogP contribution is 2.35. The summed E-state index contributed by atoms with van der Waals surface area (Å²) in [6.07, 6.45) is 1.71. The van der Waals surface area contributed by atoms with Gasteiger partial charge in [-0.05, 0) is 53.6 Å². The van der Waals surface area contributed by atoms with E-state index in [4.69, 9.17) is 22.1 Å². The van der Waals surface area contributed by atoms with Crippen LogP contribution in [0.15, 0.2) is 23.6 Å². The van der Waals surface area contributed by atoms with E-state index in [1.807, 2.05) is 12.1 Å². The van der Waals surface area contributed by atoms with E-state index in [9.17, 15) is 0 Å². The molecular weight excluding hydrogens is 278 g/mol. The first-order valence-electron chi connectivity index (χ1n) is 6.39. The first kappa shape index (κ1) is 13.0. The number of aryl methyl sites for hydroxylation is 1. The molecule has 0 spiro atoms. The second kappa shape index (κ2) is 5.16. The number of halogens is 1. The fraction of sp³-hybridized carbons (Fsp3) is 0.333. The van der Waals surface area contributed by atoms with Gasteiger partial charge in [-0.2, -0.15) is 0 Å². The summed E-state index contributed by atoms with van der Waals surface area (Å²) in [6, 6.07) is 6.09. The molecule has 0 amide bonds. The zero-order valence-corrected chi connectivity index (χ0v) is 12.4. The van der Waals surface area contributed by atoms with Crippen molar-refractivity contribution in [3.8, 4) is 5.75 Å². The van der Waals surface area contributed by atoms with Gasteiger partial charge in [-0.15, -0.1) is 11.3 Å². The first-order valence-corrected chi connectivity index (χ1v) is 7.64. The van der Waals surface area contributed by atoms with Crippen molar-refractivity contribution in [3.05, 3.63) is 50.2 Å². The van der Waals surface area contributed by atoms with E-state index in [-0.39, 0.29) is 6.04 Å². The Morgan fingerprint density at radius 2 is 2.32 bits per heavy atom. The maximum absolute atomic E-state index is 6.33. The number of rotatable bonds is 3. The van der Waals surface area contributed by atoms with Crippen LogP contribution in [0, 0.1) is 6.92 Å². The molecule has 1 aliphatic heterocycles. The van der Waals surface area contributed by atoms with Gasteiger partial charge in [-0.1, -0.05) is 11.6 Å². The summed E-state index contributed by atoms with van der Waals surface area (Å²) in [6.45, 7) is 2.85. The van der Waals surface area contributed by atoms with Gasteiger partial charge in [0.15, 0.2) is 0 Å². The average molecular weight is 294 g/mol. The molecule has 2 nitrogen and oxygen atoms in total. The van der Waals surface area contributed by atoms with Gasteiger partial charge in [-0.25, -0.2) is 0 Å². The lowest BCUT2D eigenvalue weighted by molar-refractivity contribution is 0.352. The maximum Gasteiger partial charge on any atom is 0.125 e. The van der Waals surface area contributed by atoms with Crippen LogP contribution in [0.25, 0.3) is 0 Å². The third kappa shape index (κ3) is 2.50. The van der Waals surface area contributed by atoms with Crippen molar-refractivity contribution in [2.75, 3.05) is 6.61 Å². The van der Waals surface area contributed by atoms with E-state index in [1.165, 1.54) is 16.0 Å². The van der Waals surface area contributed by atoms with Crippen LogP contribution in [0.4, 0.5) is 0 Å². The molecule has 0 saturated heterocycles. The monoisotopic (exact) mass is 293 g/mol. The van der Waals surface area contributed by atoms with Gasteiger partial charge in [-0.3, -0.25) is 0 Å². The van der Waals surface area contributed by atoms with E-state index in [0.717, 1.165) is 35.8 Å². The highest BCUT2D eigenvalue weighted by molar-refractivity contribution is 7.10. The van der Waals surface area contributed by atoms with Crippen LogP contribution in [-0.4, -0.2) is 6.61 Å². The fourth-order valence-corrected chi connectivity index (χ4v) is 3.79. The second-order valence-corrected chi connectivity index (χ2v) is 6.31. The van der Waals surface area contributed by atoms with Gasteiger partial charge >= 0.3 is 0 Å². The lowest BCUT2D eigenvalue weighted by Gasteiger charge is -2.14. The van der Waals surface area contributed by atoms with Crippen molar-refractivity contribution >= 4 is 22.9 Å². The number of hydrogen-bond donors (Lipinski definition) is 1. The summed E-state index contributed by atoms with van der Waals surface area (Å²) in [5.74, 6) is 0.994. The van der Waals surface area contributed by atoms with Crippen LogP contribution in [0.1, 0.15) is 27.6 Å². The third-order valence-electron chi connectivity index (χ3n) is 3.50. The van der Waals surface area contributed by atoms with Crippen LogP contribution in [0.3, 0.4) is 0 Å². The Bertz CT molecular complexity index is 608. The van der Waals surface area contributed by atoms with E-state index >= 15 is 0 Å². The topological polar surface area (TPSA) is 35.2 Å². The Morgan fingerprint density at radius 3 is 3.05 bits per heavy atom. The fourth-order valence-electron chi connectivity index (χ4n) is 2.59. The minimum absolute atomic E-state index is 0.00627. The molecular formula is C15H16ClNOS. The number of nitrogens with two attached hydrogens (primary N) is 1. The van der Waals surface area contributed by atoms with Crippen LogP contribution in [0.2, 0.25) is 5.02 Å². The van der Waals surface area contributed by atoms with Gasteiger partial charge in [0.2, 0.25) is 0 Å². The third-order valence-corrected chi connectivity index (χ3v) is 4.87. The van der Waals surface area contributed by atoms with E-state index < -0.39 is 0 Å². The predicted molar refractivity (Wildman–Crippen MR) is 80.3 cm³/mol. The van der Waals surface area contributed by atoms with Crippen molar-refractivity contribution in [3.63, 3.8) is 0 Å². The molecule has 1 atom stereocenters. The SMILES string of the molecule is Cc1ccsc1C(N)Cc1cc(Cl)cc2c1OCC2. The molecule has 3 rings (SSSR count). The molecule has 4 heteroatoms. The van der Waals surface area contributed by atoms with Crippen molar-refractivity contribution < 1.29 is 4.74 Å². The number of ether oxygens (including phenoxy) is 1. The Hall–Kier alpha value is -1.03. The second-order valence-electron chi connectivity index (χ2n) is 4.93. The minimum atomic E-state index is 0.00627. The number of benzene rings is 1. The molecule has 0 fully saturated rings. The van der Waals surface area contributed by atoms with Crippen molar-refractivity contribution in [2.24, 2.45) is 5.73 Å². The highest BCUT2D eigenvalue weighted by Gasteiger charge is 2.20. The zero-order valence-electron chi connectivity index (χ0n) is 10.8. The van der Waals surface area contributed by atoms with Crippen molar-refractivity contribution in [1.29, 1.82) is 0 Å². The normalized spacial score (nSPS) is 15.1. The Balaban J connectivity index is 1.90. The summed E-state index contributed by atoms with van der Waals surface area (Å²) < 4.78 is 5.72. The summed E-state index contributed by atoms with van der Waals surface area (Å²) in [5, 5.41) is 2.86. The smallest absolute Gasteiger partial charge is 0.125 e. The molecule has 1 aliphatic rings. The summed E-state index contributed by atoms with van der Waals surface area (Å²) in [4.78, 5) is 1.24. The molecule has 0 radical (unpaired) electrons. The van der Waals surface area contributed by atoms with Crippen LogP contribution in [-0.2, 0) is 12.8 Å². The average Bonchev–Trinajstić information content (AvgIpc) is 2.97. The van der Waals surface area contributed by atoms with Crippen LogP contribution in [0.5, 0.6) is 5.75 Å². The van der Waals surface area contributed by atoms with Gasteiger partial charge in [0.05, 0.1) is 6.61 Å². The first-order chi connectivity index (χ1) is 9.15. The lowest BCUT2D eigenvalue weighted by atomic mass is 10.00. The Kier molecular flexibility index (Phi) is 3.52. The predicted octanol–water partition coefficient (Wildman–Crippen LogP) is 3.89. The van der Waals surface area contributed by atoms with E-state index in [2.05, 4.69) is 18.4 Å². The van der Waals surface area contributed by atoms with E-state index in [1.54, 1.807) is 11.3 Å². The van der Waals surface area contributed by atoms with Crippen molar-refractivity contribution in [1.82, 2.24) is 0 Å². The summed E-state index contributed by atoms with van der Waals surface area (Å²) in [5.41, 5.74) is 9.92. The molecule has 2 heterocycles. The van der Waals surface area contributed by atoms with Crippen molar-refractivity contribution in [2.45, 2.75) is 25.8 Å². The number of thiophene rings is 1. The standard InChI is InChI=1S/C15H16ClNOS/c1-9-3-5-19-15(9)13(17)8-11-7-12(16)6-10-2-4-18-14(10)11/h3,5-7,13H,2,4,8,17H2,1H3. The Morgan fingerprint density at radius 1 is 1.47 bits per heavy atom. The number of hydrogen-bond acceptors (Lipinski definition) is 3. The largest absolute Gasteiger partial charge is 0.493 e. The highest BCUT2D eigenvalue weighted by atomic mass is 35.5. The van der Waals surface area contributed by atoms with Gasteiger partial charge in [0.1, 0.15) is 5.75 Å². The van der Waals surface area contributed by atoms with Gasteiger partial charge in [0, 0.05) is 22.4 Å². The Labute approximate surface area is 122 Å². The zero-order chi connectivity index (χ0) is 13.4.